The molecule has 160 valence electrons. The molecule has 5 heterocycles. The molecule has 2 aromatic rings. The standard InChI is InChI=1S/C23H27N7O/c31-22-19-11-16-13-26-20(28-21(16)30(19)23(15-27-22)5-1-2-6-23)12-17-3-4-18(14-25-17)29-9-7-24-8-10-29/h3-4,7,13-14,19H,1-2,5-6,8-12,15H2,(H,27,31). The molecule has 1 amide bonds. The van der Waals surface area contributed by atoms with Gasteiger partial charge in [0.1, 0.15) is 17.7 Å². The van der Waals surface area contributed by atoms with Crippen LogP contribution in [-0.4, -0.2) is 64.8 Å². The van der Waals surface area contributed by atoms with Crippen molar-refractivity contribution in [3.8, 4) is 0 Å². The van der Waals surface area contributed by atoms with Crippen LogP contribution in [0.1, 0.15) is 42.8 Å². The zero-order valence-corrected chi connectivity index (χ0v) is 17.6. The molecule has 2 fully saturated rings. The summed E-state index contributed by atoms with van der Waals surface area (Å²) in [7, 11) is 0. The van der Waals surface area contributed by atoms with E-state index in [2.05, 4.69) is 42.2 Å². The van der Waals surface area contributed by atoms with Gasteiger partial charge in [-0.25, -0.2) is 9.97 Å². The Morgan fingerprint density at radius 2 is 2.06 bits per heavy atom. The third-order valence-corrected chi connectivity index (χ3v) is 7.23. The van der Waals surface area contributed by atoms with Crippen LogP contribution in [0.25, 0.3) is 0 Å². The third kappa shape index (κ3) is 3.16. The highest BCUT2D eigenvalue weighted by atomic mass is 16.2. The van der Waals surface area contributed by atoms with Crippen LogP contribution in [0.5, 0.6) is 0 Å². The predicted octanol–water partition coefficient (Wildman–Crippen LogP) is 1.53. The first-order chi connectivity index (χ1) is 15.2. The predicted molar refractivity (Wildman–Crippen MR) is 119 cm³/mol. The average Bonchev–Trinajstić information content (AvgIpc) is 3.43. The minimum atomic E-state index is -0.142. The monoisotopic (exact) mass is 417 g/mol. The normalized spacial score (nSPS) is 23.7. The Morgan fingerprint density at radius 1 is 1.16 bits per heavy atom. The topological polar surface area (TPSA) is 86.6 Å². The number of piperazine rings is 1. The van der Waals surface area contributed by atoms with Crippen LogP contribution >= 0.6 is 0 Å². The molecule has 4 aliphatic rings. The Labute approximate surface area is 181 Å². The lowest BCUT2D eigenvalue weighted by atomic mass is 9.90. The minimum Gasteiger partial charge on any atom is -0.363 e. The Hall–Kier alpha value is -3.03. The number of fused-ring (bicyclic) bond motifs is 4. The van der Waals surface area contributed by atoms with Gasteiger partial charge in [0.2, 0.25) is 5.91 Å². The summed E-state index contributed by atoms with van der Waals surface area (Å²) in [6.07, 6.45) is 11.8. The number of carbonyl (C=O) groups is 1. The summed E-state index contributed by atoms with van der Waals surface area (Å²) in [5.74, 6) is 1.86. The summed E-state index contributed by atoms with van der Waals surface area (Å²) in [4.78, 5) is 35.7. The SMILES string of the molecule is O=C1NCC2(CCCC2)N2c3nc(Cc4ccc(N5CC=NCC5)cn4)ncc3CC12. The molecule has 0 aromatic carbocycles. The molecular weight excluding hydrogens is 390 g/mol. The Balaban J connectivity index is 1.25. The lowest BCUT2D eigenvalue weighted by Crippen LogP contribution is -2.66. The van der Waals surface area contributed by atoms with Gasteiger partial charge >= 0.3 is 0 Å². The first-order valence-corrected chi connectivity index (χ1v) is 11.3. The summed E-state index contributed by atoms with van der Waals surface area (Å²) < 4.78 is 0. The number of carbonyl (C=O) groups excluding carboxylic acids is 1. The number of rotatable bonds is 3. The first kappa shape index (κ1) is 18.7. The van der Waals surface area contributed by atoms with E-state index in [0.29, 0.717) is 12.8 Å². The second-order valence-corrected chi connectivity index (χ2v) is 9.09. The van der Waals surface area contributed by atoms with Gasteiger partial charge in [-0.2, -0.15) is 0 Å². The Bertz CT molecular complexity index is 1030. The summed E-state index contributed by atoms with van der Waals surface area (Å²) >= 11 is 0. The average molecular weight is 418 g/mol. The fraction of sp³-hybridized carbons (Fsp3) is 0.522. The summed E-state index contributed by atoms with van der Waals surface area (Å²) in [6, 6.07) is 4.04. The molecule has 8 heteroatoms. The van der Waals surface area contributed by atoms with Gasteiger partial charge in [-0.05, 0) is 25.0 Å². The summed E-state index contributed by atoms with van der Waals surface area (Å²) in [5.41, 5.74) is 3.19. The van der Waals surface area contributed by atoms with E-state index in [1.807, 2.05) is 18.6 Å². The smallest absolute Gasteiger partial charge is 0.243 e. The van der Waals surface area contributed by atoms with Crippen molar-refractivity contribution in [3.05, 3.63) is 41.6 Å². The zero-order chi connectivity index (χ0) is 20.8. The molecule has 1 spiro atoms. The van der Waals surface area contributed by atoms with Crippen LogP contribution in [0.3, 0.4) is 0 Å². The molecule has 3 aliphatic heterocycles. The number of anilines is 2. The molecule has 1 N–H and O–H groups in total. The zero-order valence-electron chi connectivity index (χ0n) is 17.6. The Kier molecular flexibility index (Phi) is 4.40. The lowest BCUT2D eigenvalue weighted by molar-refractivity contribution is -0.124. The second kappa shape index (κ2) is 7.28. The van der Waals surface area contributed by atoms with Gasteiger partial charge < -0.3 is 15.1 Å². The van der Waals surface area contributed by atoms with Crippen molar-refractivity contribution < 1.29 is 4.79 Å². The molecule has 1 aliphatic carbocycles. The minimum absolute atomic E-state index is 0.0209. The Morgan fingerprint density at radius 3 is 2.84 bits per heavy atom. The highest BCUT2D eigenvalue weighted by Gasteiger charge is 2.52. The van der Waals surface area contributed by atoms with E-state index in [1.165, 1.54) is 12.8 Å². The van der Waals surface area contributed by atoms with Crippen molar-refractivity contribution in [3.63, 3.8) is 0 Å². The maximum atomic E-state index is 12.6. The second-order valence-electron chi connectivity index (χ2n) is 9.09. The van der Waals surface area contributed by atoms with E-state index >= 15 is 0 Å². The number of nitrogens with one attached hydrogen (secondary N) is 1. The quantitative estimate of drug-likeness (QED) is 0.815. The number of hydrogen-bond acceptors (Lipinski definition) is 7. The molecule has 1 unspecified atom stereocenters. The van der Waals surface area contributed by atoms with Crippen molar-refractivity contribution >= 4 is 23.6 Å². The molecule has 1 atom stereocenters. The third-order valence-electron chi connectivity index (χ3n) is 7.23. The molecular formula is C23H27N7O. The lowest BCUT2D eigenvalue weighted by Gasteiger charge is -2.47. The van der Waals surface area contributed by atoms with E-state index in [0.717, 1.165) is 67.6 Å². The fourth-order valence-electron chi connectivity index (χ4n) is 5.61. The van der Waals surface area contributed by atoms with Crippen LogP contribution in [0.2, 0.25) is 0 Å². The highest BCUT2D eigenvalue weighted by Crippen LogP contribution is 2.45. The molecule has 2 aromatic heterocycles. The van der Waals surface area contributed by atoms with E-state index in [9.17, 15) is 4.79 Å². The van der Waals surface area contributed by atoms with Crippen molar-refractivity contribution in [2.24, 2.45) is 4.99 Å². The largest absolute Gasteiger partial charge is 0.363 e. The van der Waals surface area contributed by atoms with Crippen LogP contribution in [0, 0.1) is 0 Å². The van der Waals surface area contributed by atoms with Crippen molar-refractivity contribution in [2.75, 3.05) is 36.0 Å². The van der Waals surface area contributed by atoms with Gasteiger partial charge in [0.25, 0.3) is 0 Å². The first-order valence-electron chi connectivity index (χ1n) is 11.3. The van der Waals surface area contributed by atoms with E-state index in [-0.39, 0.29) is 17.5 Å². The molecule has 8 nitrogen and oxygen atoms in total. The van der Waals surface area contributed by atoms with Crippen molar-refractivity contribution in [1.82, 2.24) is 20.3 Å². The van der Waals surface area contributed by atoms with Crippen LogP contribution in [0.15, 0.2) is 29.5 Å². The number of pyridine rings is 1. The number of aliphatic imine (C=N–C) groups is 1. The molecule has 0 radical (unpaired) electrons. The van der Waals surface area contributed by atoms with Gasteiger partial charge in [0.05, 0.1) is 36.9 Å². The summed E-state index contributed by atoms with van der Waals surface area (Å²) in [5, 5.41) is 3.16. The summed E-state index contributed by atoms with van der Waals surface area (Å²) in [6.45, 7) is 3.33. The highest BCUT2D eigenvalue weighted by molar-refractivity contribution is 5.90. The van der Waals surface area contributed by atoms with Crippen LogP contribution < -0.4 is 15.1 Å². The fourth-order valence-corrected chi connectivity index (χ4v) is 5.61. The maximum absolute atomic E-state index is 12.6. The molecule has 1 saturated heterocycles. The van der Waals surface area contributed by atoms with E-state index < -0.39 is 0 Å². The number of nitrogens with zero attached hydrogens (tertiary/aromatic N) is 6. The van der Waals surface area contributed by atoms with Gasteiger partial charge in [-0.15, -0.1) is 0 Å². The molecule has 6 rings (SSSR count). The van der Waals surface area contributed by atoms with E-state index in [4.69, 9.17) is 4.98 Å². The van der Waals surface area contributed by atoms with Gasteiger partial charge in [-0.3, -0.25) is 14.8 Å². The van der Waals surface area contributed by atoms with Gasteiger partial charge in [0, 0.05) is 43.2 Å². The molecule has 31 heavy (non-hydrogen) atoms. The maximum Gasteiger partial charge on any atom is 0.243 e. The van der Waals surface area contributed by atoms with Gasteiger partial charge in [-0.1, -0.05) is 12.8 Å². The van der Waals surface area contributed by atoms with Crippen LogP contribution in [0.4, 0.5) is 11.5 Å². The number of hydrogen-bond donors (Lipinski definition) is 1. The molecule has 0 bridgehead atoms. The van der Waals surface area contributed by atoms with Gasteiger partial charge in [0.15, 0.2) is 0 Å². The van der Waals surface area contributed by atoms with Crippen molar-refractivity contribution in [1.29, 1.82) is 0 Å². The molecule has 1 saturated carbocycles. The number of aromatic nitrogens is 3. The van der Waals surface area contributed by atoms with E-state index in [1.54, 1.807) is 0 Å². The van der Waals surface area contributed by atoms with Crippen molar-refractivity contribution in [2.45, 2.75) is 50.1 Å². The number of amides is 1. The van der Waals surface area contributed by atoms with Crippen LogP contribution in [-0.2, 0) is 17.6 Å².